The molecule has 58 heteroatoms. The predicted octanol–water partition coefficient (Wildman–Crippen LogP) is 4.03. The molecule has 0 saturated carbocycles. The van der Waals surface area contributed by atoms with Gasteiger partial charge < -0.3 is 108 Å². The number of aromatic nitrogens is 18. The number of aryl methyl sites for hydroxylation is 3. The molecule has 6 fully saturated rings. The van der Waals surface area contributed by atoms with E-state index in [2.05, 4.69) is 59.8 Å². The van der Waals surface area contributed by atoms with E-state index in [-0.39, 0.29) is 113 Å². The third-order valence-corrected chi connectivity index (χ3v) is 41.7. The van der Waals surface area contributed by atoms with Crippen LogP contribution in [0.5, 0.6) is 0 Å². The van der Waals surface area contributed by atoms with E-state index >= 15 is 0 Å². The summed E-state index contributed by atoms with van der Waals surface area (Å²) in [7, 11) is 0. The lowest BCUT2D eigenvalue weighted by Gasteiger charge is -2.32. The Balaban J connectivity index is 0.705. The molecule has 17 N–H and O–H groups in total. The van der Waals surface area contributed by atoms with E-state index in [1.807, 2.05) is 13.8 Å². The molecule has 9 aromatic rings. The van der Waals surface area contributed by atoms with Crippen LogP contribution in [0.3, 0.4) is 0 Å². The molecule has 127 heavy (non-hydrogen) atoms. The number of nitrogens with zero attached hydrogens (tertiary/aromatic N) is 15. The number of nitrogens with two attached hydrogens (primary N) is 4. The maximum atomic E-state index is 13.8. The summed E-state index contributed by atoms with van der Waals surface area (Å²) in [5.74, 6) is -0.151. The van der Waals surface area contributed by atoms with Crippen LogP contribution in [0.15, 0.2) is 79.0 Å². The quantitative estimate of drug-likeness (QED) is 0.0195. The summed E-state index contributed by atoms with van der Waals surface area (Å²) in [5, 5.41) is 0. The summed E-state index contributed by atoms with van der Waals surface area (Å²) in [6.45, 7) is -19.6. The summed E-state index contributed by atoms with van der Waals surface area (Å²) in [6.07, 6.45) is 0.927. The summed E-state index contributed by atoms with van der Waals surface area (Å²) >= 11 is 36.4. The molecule has 15 heterocycles. The molecular formula is C69H96N22O24P6S6. The molecule has 0 aliphatic carbocycles. The van der Waals surface area contributed by atoms with Gasteiger partial charge in [-0.3, -0.25) is 56.7 Å². The van der Waals surface area contributed by atoms with Crippen LogP contribution in [0.4, 0.5) is 23.4 Å². The minimum Gasteiger partial charge on any atom is -0.383 e. The SMILES string of the molecule is CCCCCCOP(O)(=S)C1C[C@H](n2cc(C)c(=O)[nH]c2=O)O[C@@H]1COP(O)(=S)C1C[C@H](n2cnc3c(N)ncnc32)O[C@@H]1COP(O)(=S)C1C[C@H](n2cnc3c(=O)[nH]c(N)nc32)O[C@@H]1COP(O)(=S)C1C[C@H](n2cc(C)c(=O)[nH]c2=O)O[C@@H]1COP(O)(=S)C1C[C@H](n2cnc3c(N)ncnc32)O[C@@H]1COP(O)(=S)C1C[C@H](n2cc(C)c(N)nc2=O)O[C@@H]1CCCC. The van der Waals surface area contributed by atoms with Crippen molar-refractivity contribution in [2.45, 2.75) is 226 Å². The third-order valence-electron chi connectivity index (χ3n) is 23.5. The van der Waals surface area contributed by atoms with E-state index in [0.717, 1.165) is 34.8 Å². The third kappa shape index (κ3) is 20.3. The summed E-state index contributed by atoms with van der Waals surface area (Å²) in [4.78, 5) is 201. The van der Waals surface area contributed by atoms with Crippen molar-refractivity contribution >= 4 is 167 Å². The van der Waals surface area contributed by atoms with Gasteiger partial charge in [0.25, 0.3) is 16.7 Å². The Morgan fingerprint density at radius 3 is 1.12 bits per heavy atom. The van der Waals surface area contributed by atoms with Crippen LogP contribution in [0.1, 0.15) is 151 Å². The van der Waals surface area contributed by atoms with Gasteiger partial charge in [0.2, 0.25) is 5.95 Å². The van der Waals surface area contributed by atoms with Crippen LogP contribution in [0.2, 0.25) is 0 Å². The number of imidazole rings is 3. The highest BCUT2D eigenvalue weighted by Crippen LogP contribution is 2.65. The molecule has 0 amide bonds. The van der Waals surface area contributed by atoms with Gasteiger partial charge in [0.1, 0.15) is 66.9 Å². The van der Waals surface area contributed by atoms with Crippen molar-refractivity contribution in [3.05, 3.63) is 129 Å². The zero-order valence-electron chi connectivity index (χ0n) is 68.6. The number of hydrogen-bond acceptors (Lipinski definition) is 37. The maximum Gasteiger partial charge on any atom is 0.351 e. The molecule has 0 spiro atoms. The van der Waals surface area contributed by atoms with E-state index in [0.29, 0.717) is 24.8 Å². The summed E-state index contributed by atoms with van der Waals surface area (Å²) in [5.41, 5.74) is 14.7. The number of nitrogen functional groups attached to an aromatic ring is 4. The van der Waals surface area contributed by atoms with Gasteiger partial charge in [-0.2, -0.15) is 9.97 Å². The number of hydrogen-bond donors (Lipinski definition) is 13. The first-order chi connectivity index (χ1) is 60.1. The van der Waals surface area contributed by atoms with Gasteiger partial charge in [-0.25, -0.2) is 49.3 Å². The zero-order valence-corrected chi connectivity index (χ0v) is 78.9. The van der Waals surface area contributed by atoms with Crippen LogP contribution in [-0.2, 0) is 126 Å². The van der Waals surface area contributed by atoms with Gasteiger partial charge in [-0.15, -0.1) is 0 Å². The Morgan fingerprint density at radius 1 is 0.386 bits per heavy atom. The highest BCUT2D eigenvalue weighted by molar-refractivity contribution is 8.11. The lowest BCUT2D eigenvalue weighted by molar-refractivity contribution is -0.0253. The van der Waals surface area contributed by atoms with Crippen LogP contribution >= 0.6 is 39.0 Å². The van der Waals surface area contributed by atoms with Crippen LogP contribution in [0.25, 0.3) is 33.5 Å². The average molecular weight is 2000 g/mol. The minimum atomic E-state index is -4.49. The van der Waals surface area contributed by atoms with Crippen molar-refractivity contribution < 1.29 is 84.9 Å². The van der Waals surface area contributed by atoms with Crippen LogP contribution < -0.4 is 56.7 Å². The van der Waals surface area contributed by atoms with Crippen molar-refractivity contribution in [1.82, 2.24) is 87.2 Å². The van der Waals surface area contributed by atoms with Gasteiger partial charge >= 0.3 is 17.1 Å². The second-order valence-corrected chi connectivity index (χ2v) is 53.6. The molecule has 0 bridgehead atoms. The van der Waals surface area contributed by atoms with Crippen LogP contribution in [0, 0.1) is 20.8 Å². The van der Waals surface area contributed by atoms with Gasteiger partial charge in [0.05, 0.1) is 129 Å². The number of fused-ring (bicyclic) bond motifs is 3. The number of H-pyrrole nitrogens is 3. The fourth-order valence-corrected chi connectivity index (χ4v) is 31.4. The van der Waals surface area contributed by atoms with E-state index in [1.54, 1.807) is 11.5 Å². The Morgan fingerprint density at radius 2 is 0.724 bits per heavy atom. The maximum absolute atomic E-state index is 13.8. The monoisotopic (exact) mass is 1990 g/mol. The van der Waals surface area contributed by atoms with E-state index in [9.17, 15) is 58.1 Å². The van der Waals surface area contributed by atoms with E-state index < -0.39 is 214 Å². The smallest absolute Gasteiger partial charge is 0.351 e. The highest BCUT2D eigenvalue weighted by Gasteiger charge is 2.55. The first-order valence-corrected chi connectivity index (χ1v) is 56.9. The van der Waals surface area contributed by atoms with Gasteiger partial charge in [0.15, 0.2) is 73.0 Å². The normalized spacial score (nSPS) is 29.2. The first-order valence-electron chi connectivity index (χ1n) is 40.5. The largest absolute Gasteiger partial charge is 0.383 e. The van der Waals surface area contributed by atoms with Crippen molar-refractivity contribution in [2.75, 3.05) is 62.6 Å². The molecule has 15 rings (SSSR count). The molecule has 6 aliphatic rings. The fourth-order valence-electron chi connectivity index (χ4n) is 16.7. The summed E-state index contributed by atoms with van der Waals surface area (Å²) < 4.78 is 86.2. The van der Waals surface area contributed by atoms with Crippen molar-refractivity contribution in [3.63, 3.8) is 0 Å². The van der Waals surface area contributed by atoms with Crippen molar-refractivity contribution in [2.24, 2.45) is 0 Å². The lowest BCUT2D eigenvalue weighted by atomic mass is 10.1. The average Bonchev–Trinajstić information content (AvgIpc) is 1.62. The molecule has 46 nitrogen and oxygen atoms in total. The molecule has 6 aliphatic heterocycles. The molecule has 12 unspecified atom stereocenters. The molecule has 24 atom stereocenters. The number of aromatic amines is 3. The number of ether oxygens (including phenoxy) is 6. The minimum absolute atomic E-state index is 0.0376. The van der Waals surface area contributed by atoms with Crippen molar-refractivity contribution in [1.29, 1.82) is 0 Å². The Hall–Kier alpha value is -5.93. The number of nitrogens with one attached hydrogen (secondary N) is 3. The Bertz CT molecular complexity index is 6340. The number of unbranched alkanes of at least 4 members (excludes halogenated alkanes) is 4. The molecule has 9 aromatic heterocycles. The molecular weight excluding hydrogens is 1900 g/mol. The van der Waals surface area contributed by atoms with Gasteiger partial charge in [0, 0.05) is 73.8 Å². The molecule has 6 saturated heterocycles. The Labute approximate surface area is 751 Å². The van der Waals surface area contributed by atoms with Gasteiger partial charge in [-0.05, 0) is 104 Å². The van der Waals surface area contributed by atoms with Crippen LogP contribution in [-0.4, -0.2) is 227 Å². The van der Waals surface area contributed by atoms with Gasteiger partial charge in [-0.1, -0.05) is 46.0 Å². The predicted molar refractivity (Wildman–Crippen MR) is 484 cm³/mol. The molecule has 0 aromatic carbocycles. The topological polar surface area (TPSA) is 632 Å². The second-order valence-electron chi connectivity index (χ2n) is 31.9. The summed E-state index contributed by atoms with van der Waals surface area (Å²) in [6, 6.07) is 0. The zero-order chi connectivity index (χ0) is 90.9. The van der Waals surface area contributed by atoms with Crippen molar-refractivity contribution in [3.8, 4) is 0 Å². The Kier molecular flexibility index (Phi) is 29.1. The standard InChI is InChI=1S/C69H96N22O24P6S6/c1-6-8-10-11-13-104-116(98,122)43-15-49(87-21-34(4)63(92)84-68(87)96)111-37(43)23-106-119(101,125)46-18-52(90-31-79-55-59(72)75-29-77-61(55)90)114-40(46)26-109-121(103,127)47-19-53(91-32-80-56-62(91)82-66(73)83-65(56)94)115-41(47)27-108-118(100,124)44-16-50(88-22-35(5)64(93)85-69(88)97)112-38(44)24-107-120(102,126)45-17-51(89-30-78-54-58(71)74-28-76-60(54)89)113-39(45)25-105-117(99,123)42-14-48(110-36(42)12-9-7-2)86-20-33(3)57(70)81-67(86)95/h20-22,28-32,36-53H,6-19,23-27H2,1-5H3,(H,98,122)(H,99,123)(H,100,124)(H,101,125)(H,102,126)(H,103,127)(H2,70,81,95)(H2,71,74,76)(H2,72,75,77)(H,84,92,96)(H,85,93,97)(H3,73,82,83,94)/t36-,37-,38-,39-,40-,41-,42?,43?,44?,45?,46?,47?,48-,49-,50-,51-,52-,53-,116?,117?,118?,119?,120?,121?/m1/s1. The fraction of sp³-hybridized carbons (Fsp3) is 0.609. The first kappa shape index (κ1) is 95.7. The van der Waals surface area contributed by atoms with E-state index in [1.165, 1.54) is 77.8 Å². The second kappa shape index (κ2) is 38.6. The number of anilines is 4. The highest BCUT2D eigenvalue weighted by atomic mass is 32.5. The lowest BCUT2D eigenvalue weighted by Crippen LogP contribution is -2.34. The number of rotatable bonds is 36. The van der Waals surface area contributed by atoms with E-state index in [4.69, 9.17) is 149 Å². The molecule has 0 radical (unpaired) electrons. The molecule has 692 valence electrons.